The molecular formula is C17H16N2O3. The van der Waals surface area contributed by atoms with Crippen LogP contribution in [-0.4, -0.2) is 16.2 Å². The SMILES string of the molecule is CC1=C(C(=O)c2ccccc2)N(O)c2cc(C)ccc2N1O. The first-order valence-corrected chi connectivity index (χ1v) is 6.90. The Bertz CT molecular complexity index is 769. The number of hydrogen-bond acceptors (Lipinski definition) is 5. The first kappa shape index (κ1) is 14.3. The van der Waals surface area contributed by atoms with Gasteiger partial charge in [-0.3, -0.25) is 15.2 Å². The summed E-state index contributed by atoms with van der Waals surface area (Å²) < 4.78 is 0. The maximum absolute atomic E-state index is 12.7. The average Bonchev–Trinajstić information content (AvgIpc) is 2.53. The van der Waals surface area contributed by atoms with Gasteiger partial charge < -0.3 is 0 Å². The summed E-state index contributed by atoms with van der Waals surface area (Å²) in [6.07, 6.45) is 0. The van der Waals surface area contributed by atoms with E-state index in [2.05, 4.69) is 0 Å². The second kappa shape index (κ2) is 5.29. The Morgan fingerprint density at radius 2 is 1.59 bits per heavy atom. The summed E-state index contributed by atoms with van der Waals surface area (Å²) >= 11 is 0. The zero-order valence-corrected chi connectivity index (χ0v) is 12.3. The predicted octanol–water partition coefficient (Wildman–Crippen LogP) is 3.51. The molecule has 0 aliphatic carbocycles. The number of hydroxylamine groups is 2. The first-order chi connectivity index (χ1) is 10.5. The maximum atomic E-state index is 12.7. The molecule has 1 aliphatic rings. The number of Topliss-reactive ketones (excluding diaryl/α,β-unsaturated/α-hetero) is 1. The number of hydrogen-bond donors (Lipinski definition) is 2. The molecule has 112 valence electrons. The molecule has 0 fully saturated rings. The van der Waals surface area contributed by atoms with E-state index >= 15 is 0 Å². The van der Waals surface area contributed by atoms with E-state index in [1.54, 1.807) is 43.3 Å². The van der Waals surface area contributed by atoms with E-state index in [1.165, 1.54) is 0 Å². The van der Waals surface area contributed by atoms with Crippen molar-refractivity contribution in [1.29, 1.82) is 0 Å². The van der Waals surface area contributed by atoms with Crippen LogP contribution in [0.2, 0.25) is 0 Å². The third-order valence-corrected chi connectivity index (χ3v) is 3.71. The van der Waals surface area contributed by atoms with Crippen molar-refractivity contribution in [1.82, 2.24) is 0 Å². The van der Waals surface area contributed by atoms with E-state index in [1.807, 2.05) is 19.1 Å². The fourth-order valence-corrected chi connectivity index (χ4v) is 2.52. The van der Waals surface area contributed by atoms with E-state index in [0.29, 0.717) is 16.9 Å². The summed E-state index contributed by atoms with van der Waals surface area (Å²) in [5.41, 5.74) is 2.46. The molecular weight excluding hydrogens is 280 g/mol. The molecule has 2 N–H and O–H groups in total. The van der Waals surface area contributed by atoms with Gasteiger partial charge in [0, 0.05) is 5.56 Å². The van der Waals surface area contributed by atoms with Crippen LogP contribution >= 0.6 is 0 Å². The summed E-state index contributed by atoms with van der Waals surface area (Å²) in [5, 5.41) is 22.5. The number of carbonyl (C=O) groups excluding carboxylic acids is 1. The van der Waals surface area contributed by atoms with Crippen LogP contribution in [0.15, 0.2) is 59.9 Å². The molecule has 1 heterocycles. The van der Waals surface area contributed by atoms with E-state index in [9.17, 15) is 15.2 Å². The molecule has 1 aliphatic heterocycles. The topological polar surface area (TPSA) is 64.0 Å². The van der Waals surface area contributed by atoms with E-state index in [0.717, 1.165) is 15.7 Å². The van der Waals surface area contributed by atoms with Crippen LogP contribution in [0.1, 0.15) is 22.8 Å². The van der Waals surface area contributed by atoms with Crippen LogP contribution in [0.3, 0.4) is 0 Å². The third-order valence-electron chi connectivity index (χ3n) is 3.71. The molecule has 0 unspecified atom stereocenters. The van der Waals surface area contributed by atoms with Gasteiger partial charge in [0.15, 0.2) is 0 Å². The quantitative estimate of drug-likeness (QED) is 0.830. The first-order valence-electron chi connectivity index (χ1n) is 6.90. The van der Waals surface area contributed by atoms with Gasteiger partial charge in [0.05, 0.1) is 17.1 Å². The van der Waals surface area contributed by atoms with Gasteiger partial charge in [-0.25, -0.2) is 10.1 Å². The Kier molecular flexibility index (Phi) is 3.44. The number of aryl methyl sites for hydroxylation is 1. The second-order valence-electron chi connectivity index (χ2n) is 5.24. The molecule has 2 aromatic carbocycles. The van der Waals surface area contributed by atoms with Crippen LogP contribution < -0.4 is 10.1 Å². The summed E-state index contributed by atoms with van der Waals surface area (Å²) in [6.45, 7) is 3.46. The van der Waals surface area contributed by atoms with Crippen molar-refractivity contribution in [3.63, 3.8) is 0 Å². The van der Waals surface area contributed by atoms with Gasteiger partial charge in [0.1, 0.15) is 5.70 Å². The van der Waals surface area contributed by atoms with Gasteiger partial charge in [-0.2, -0.15) is 0 Å². The van der Waals surface area contributed by atoms with E-state index in [4.69, 9.17) is 0 Å². The molecule has 0 saturated heterocycles. The fraction of sp³-hybridized carbons (Fsp3) is 0.118. The number of rotatable bonds is 2. The number of allylic oxidation sites excluding steroid dienone is 2. The minimum absolute atomic E-state index is 0.0341. The molecule has 5 heteroatoms. The minimum atomic E-state index is -0.355. The van der Waals surface area contributed by atoms with Gasteiger partial charge in [0.2, 0.25) is 5.78 Å². The monoisotopic (exact) mass is 296 g/mol. The van der Waals surface area contributed by atoms with Crippen molar-refractivity contribution >= 4 is 17.2 Å². The minimum Gasteiger partial charge on any atom is -0.287 e. The Hall–Kier alpha value is -2.63. The molecule has 2 aromatic rings. The predicted molar refractivity (Wildman–Crippen MR) is 83.2 cm³/mol. The van der Waals surface area contributed by atoms with Crippen molar-refractivity contribution in [2.75, 3.05) is 10.1 Å². The summed E-state index contributed by atoms with van der Waals surface area (Å²) in [5.74, 6) is -0.355. The highest BCUT2D eigenvalue weighted by Gasteiger charge is 2.32. The van der Waals surface area contributed by atoms with Gasteiger partial charge in [-0.1, -0.05) is 36.4 Å². The number of ketones is 1. The number of nitrogens with zero attached hydrogens (tertiary/aromatic N) is 2. The Morgan fingerprint density at radius 3 is 2.27 bits per heavy atom. The van der Waals surface area contributed by atoms with Crippen molar-refractivity contribution in [2.24, 2.45) is 0 Å². The van der Waals surface area contributed by atoms with Crippen LogP contribution in [-0.2, 0) is 0 Å². The summed E-state index contributed by atoms with van der Waals surface area (Å²) in [4.78, 5) is 12.7. The standard InChI is InChI=1S/C17H16N2O3/c1-11-8-9-14-15(10-11)19(22)16(12(2)18(14)21)17(20)13-6-4-3-5-7-13/h3-10,21-22H,1-2H3. The van der Waals surface area contributed by atoms with Crippen LogP contribution in [0, 0.1) is 6.92 Å². The van der Waals surface area contributed by atoms with Crippen molar-refractivity contribution in [3.8, 4) is 0 Å². The van der Waals surface area contributed by atoms with Crippen molar-refractivity contribution in [2.45, 2.75) is 13.8 Å². The molecule has 0 spiro atoms. The number of carbonyl (C=O) groups is 1. The fourth-order valence-electron chi connectivity index (χ4n) is 2.52. The largest absolute Gasteiger partial charge is 0.287 e. The van der Waals surface area contributed by atoms with Gasteiger partial charge in [-0.05, 0) is 31.5 Å². The second-order valence-corrected chi connectivity index (χ2v) is 5.24. The highest BCUT2D eigenvalue weighted by atomic mass is 16.5. The lowest BCUT2D eigenvalue weighted by molar-refractivity contribution is 0.100. The number of fused-ring (bicyclic) bond motifs is 1. The molecule has 5 nitrogen and oxygen atoms in total. The highest BCUT2D eigenvalue weighted by Crippen LogP contribution is 2.39. The lowest BCUT2D eigenvalue weighted by Crippen LogP contribution is -2.35. The molecule has 0 radical (unpaired) electrons. The summed E-state index contributed by atoms with van der Waals surface area (Å²) in [7, 11) is 0. The molecule has 22 heavy (non-hydrogen) atoms. The van der Waals surface area contributed by atoms with Crippen LogP contribution in [0.4, 0.5) is 11.4 Å². The Labute approximate surface area is 128 Å². The Balaban J connectivity index is 2.12. The third kappa shape index (κ3) is 2.16. The molecule has 0 amide bonds. The zero-order valence-electron chi connectivity index (χ0n) is 12.3. The summed E-state index contributed by atoms with van der Waals surface area (Å²) in [6, 6.07) is 13.9. The van der Waals surface area contributed by atoms with E-state index in [-0.39, 0.29) is 17.2 Å². The van der Waals surface area contributed by atoms with Gasteiger partial charge >= 0.3 is 0 Å². The van der Waals surface area contributed by atoms with Crippen molar-refractivity contribution < 1.29 is 15.2 Å². The molecule has 0 aromatic heterocycles. The molecule has 0 saturated carbocycles. The van der Waals surface area contributed by atoms with Crippen molar-refractivity contribution in [3.05, 3.63) is 71.1 Å². The van der Waals surface area contributed by atoms with Crippen LogP contribution in [0.5, 0.6) is 0 Å². The number of anilines is 2. The zero-order chi connectivity index (χ0) is 15.9. The number of benzene rings is 2. The highest BCUT2D eigenvalue weighted by molar-refractivity contribution is 6.12. The van der Waals surface area contributed by atoms with Gasteiger partial charge in [-0.15, -0.1) is 0 Å². The van der Waals surface area contributed by atoms with Gasteiger partial charge in [0.25, 0.3) is 0 Å². The molecule has 0 atom stereocenters. The Morgan fingerprint density at radius 1 is 0.909 bits per heavy atom. The molecule has 3 rings (SSSR count). The van der Waals surface area contributed by atoms with E-state index < -0.39 is 0 Å². The van der Waals surface area contributed by atoms with Crippen LogP contribution in [0.25, 0.3) is 0 Å². The average molecular weight is 296 g/mol. The molecule has 0 bridgehead atoms. The maximum Gasteiger partial charge on any atom is 0.213 e. The normalized spacial score (nSPS) is 14.2. The lowest BCUT2D eigenvalue weighted by Gasteiger charge is -2.33. The lowest BCUT2D eigenvalue weighted by atomic mass is 10.0. The smallest absolute Gasteiger partial charge is 0.213 e.